The predicted octanol–water partition coefficient (Wildman–Crippen LogP) is 22.4. The Labute approximate surface area is 712 Å². The van der Waals surface area contributed by atoms with Gasteiger partial charge in [-0.15, -0.1) is 0 Å². The monoisotopic (exact) mass is 1710 g/mol. The largest absolute Gasteiger partial charge is 0.326 e. The van der Waals surface area contributed by atoms with Gasteiger partial charge in [-0.1, -0.05) is 139 Å². The average molecular weight is 1710 g/mol. The van der Waals surface area contributed by atoms with Crippen LogP contribution in [0.3, 0.4) is 0 Å². The van der Waals surface area contributed by atoms with Gasteiger partial charge in [0, 0.05) is 28.9 Å². The highest BCUT2D eigenvalue weighted by Gasteiger charge is 2.28. The topological polar surface area (TPSA) is 260 Å². The van der Waals surface area contributed by atoms with Gasteiger partial charge in [0.1, 0.15) is 5.82 Å². The zero-order valence-electron chi connectivity index (χ0n) is 68.0. The number of hydrogen-bond donors (Lipinski definition) is 6. The molecule has 0 saturated heterocycles. The van der Waals surface area contributed by atoms with Crippen LogP contribution in [-0.4, -0.2) is 51.7 Å². The van der Waals surface area contributed by atoms with Crippen molar-refractivity contribution >= 4 is 149 Å². The first-order valence-corrected chi connectivity index (χ1v) is 44.8. The zero-order valence-corrected chi connectivity index (χ0v) is 72.1. The first-order chi connectivity index (χ1) is 57.4. The molecule has 0 atom stereocenters. The molecule has 0 aliphatic heterocycles. The molecule has 0 heterocycles. The molecular formula is C95H86ClFN10O10S4. The number of halogens is 2. The Kier molecular flexibility index (Phi) is 27.4. The minimum Gasteiger partial charge on any atom is -0.326 e. The molecule has 6 N–H and O–H groups in total. The van der Waals surface area contributed by atoms with Crippen LogP contribution in [0.2, 0.25) is 5.02 Å². The third-order valence-corrected chi connectivity index (χ3v) is 25.6. The van der Waals surface area contributed by atoms with Gasteiger partial charge in [-0.2, -0.15) is 0 Å². The Hall–Kier alpha value is -13.2. The fraction of sp³-hybridized carbons (Fsp3) is 0.179. The molecule has 0 fully saturated rings. The number of nitrogens with zero attached hydrogens (tertiary/aromatic N) is 4. The van der Waals surface area contributed by atoms with Crippen molar-refractivity contribution in [2.75, 3.05) is 35.8 Å². The summed E-state index contributed by atoms with van der Waals surface area (Å²) in [5, 5.41) is 6.33. The van der Waals surface area contributed by atoms with E-state index in [4.69, 9.17) is 37.9 Å². The van der Waals surface area contributed by atoms with Crippen LogP contribution < -0.4 is 29.5 Å². The van der Waals surface area contributed by atoms with Crippen molar-refractivity contribution in [1.82, 2.24) is 0 Å². The van der Waals surface area contributed by atoms with Crippen LogP contribution >= 0.6 is 11.6 Å². The van der Waals surface area contributed by atoms with E-state index < -0.39 is 45.9 Å². The van der Waals surface area contributed by atoms with Crippen LogP contribution in [0, 0.1) is 59.8 Å². The van der Waals surface area contributed by atoms with Crippen LogP contribution in [0.15, 0.2) is 227 Å². The van der Waals surface area contributed by atoms with E-state index in [1.165, 1.54) is 134 Å². The highest BCUT2D eigenvalue weighted by Crippen LogP contribution is 2.42. The lowest BCUT2D eigenvalue weighted by Crippen LogP contribution is -2.14. The van der Waals surface area contributed by atoms with E-state index >= 15 is 0 Å². The van der Waals surface area contributed by atoms with Crippen LogP contribution in [-0.2, 0) is 89.8 Å². The maximum Gasteiger partial charge on any atom is 0.260 e. The molecule has 16 rings (SSSR count). The normalized spacial score (nSPS) is 13.2. The van der Waals surface area contributed by atoms with Gasteiger partial charge in [0.15, 0.2) is 22.7 Å². The number of rotatable bonds is 14. The van der Waals surface area contributed by atoms with Crippen molar-refractivity contribution in [3.63, 3.8) is 0 Å². The summed E-state index contributed by atoms with van der Waals surface area (Å²) in [6.07, 6.45) is 18.7. The number of nitrogens with one attached hydrogen (secondary N) is 6. The lowest BCUT2D eigenvalue weighted by molar-refractivity contribution is -0.114. The molecule has 6 aliphatic carbocycles. The maximum atomic E-state index is 13.7. The number of sulfonamides is 4. The van der Waals surface area contributed by atoms with Crippen LogP contribution in [0.5, 0.6) is 0 Å². The molecule has 26 heteroatoms. The van der Waals surface area contributed by atoms with Gasteiger partial charge in [0.2, 0.25) is 15.9 Å². The molecule has 0 aromatic heterocycles. The summed E-state index contributed by atoms with van der Waals surface area (Å²) in [7, 11) is -14.6. The molecule has 10 aromatic rings. The Balaban J connectivity index is 0.000000143. The van der Waals surface area contributed by atoms with Gasteiger partial charge in [-0.25, -0.2) is 57.4 Å². The van der Waals surface area contributed by atoms with E-state index in [1.807, 2.05) is 69.3 Å². The molecular weight excluding hydrogens is 1620 g/mol. The summed E-state index contributed by atoms with van der Waals surface area (Å²) >= 11 is 6.04. The fourth-order valence-electron chi connectivity index (χ4n) is 15.2. The number of fused-ring (bicyclic) bond motifs is 6. The van der Waals surface area contributed by atoms with Crippen LogP contribution in [0.1, 0.15) is 134 Å². The lowest BCUT2D eigenvalue weighted by atomic mass is 9.99. The molecule has 0 saturated carbocycles. The number of anilines is 6. The van der Waals surface area contributed by atoms with Gasteiger partial charge >= 0.3 is 0 Å². The fourth-order valence-corrected chi connectivity index (χ4v) is 19.4. The van der Waals surface area contributed by atoms with Crippen LogP contribution in [0.4, 0.5) is 61.3 Å². The second-order valence-electron chi connectivity index (χ2n) is 29.6. The predicted molar refractivity (Wildman–Crippen MR) is 485 cm³/mol. The summed E-state index contributed by atoms with van der Waals surface area (Å²) in [5.41, 5.74) is 29.1. The summed E-state index contributed by atoms with van der Waals surface area (Å²) in [6.45, 7) is 50.0. The third-order valence-electron chi connectivity index (χ3n) is 20.8. The smallest absolute Gasteiger partial charge is 0.260 e. The quantitative estimate of drug-likeness (QED) is 0.0443. The van der Waals surface area contributed by atoms with Crippen molar-refractivity contribution in [3.05, 3.63) is 363 Å². The van der Waals surface area contributed by atoms with Gasteiger partial charge in [-0.05, 0) is 303 Å². The van der Waals surface area contributed by atoms with Gasteiger partial charge in [0.05, 0.1) is 70.0 Å². The molecule has 0 bridgehead atoms. The SMILES string of the molecule is CC(=O)Nc1ccc(C)c2c1CC=C2C.CC1=CCc2c(NS(C)(=O)=O)ccc(C)c21.[C-]#[N+]c1cccc(C(=O)Nc2ccc(C)c3c2CC=C3C)c1.[C-]#[N+]c1cccc(S(=O)(=O)Nc2cc(Cl)cc3c2CC=C3)c1.[C-]#[N+]c1cccc(S(=O)(=O)Nc2cc(F)cc3c2CC(=C)C3)c1.[C-]#[N+]c1cccc(S(=O)(=O)Nc2ccc(C)c3c2CC=C3C)c1. The number of amides is 2. The third kappa shape index (κ3) is 21.3. The minimum atomic E-state index is -3.89. The Morgan fingerprint density at radius 2 is 0.785 bits per heavy atom. The average Bonchev–Trinajstić information content (AvgIpc) is 1.64. The summed E-state index contributed by atoms with van der Waals surface area (Å²) in [4.78, 5) is 36.7. The number of hydrogen-bond acceptors (Lipinski definition) is 10. The maximum absolute atomic E-state index is 13.7. The zero-order chi connectivity index (χ0) is 87.6. The summed E-state index contributed by atoms with van der Waals surface area (Å²) in [6, 6.07) is 46.0. The van der Waals surface area contributed by atoms with Crippen molar-refractivity contribution in [2.24, 2.45) is 0 Å². The molecule has 121 heavy (non-hydrogen) atoms. The highest BCUT2D eigenvalue weighted by molar-refractivity contribution is 7.93. The molecule has 10 aromatic carbocycles. The molecule has 20 nitrogen and oxygen atoms in total. The standard InChI is InChI=1S/C19H16N2O.C18H16N2O2S.C17H13FN2O2S.C16H11ClN2O2S.C13H15NO.C12H15NO2S/c1-12-7-9-16-17(10-8-13(2)18(12)16)21-19(22)14-5-4-6-15(11-14)20-3;1-12-7-9-16-17(10-8-13(2)18(12)16)20-23(21,22)15-6-4-5-14(11-15)19-3;1-11-6-12-8-13(18)9-17(16(12)7-11)20-23(21,22)15-5-3-4-14(10-15)19-2;1-18-13-5-3-6-14(10-13)22(20,21)19-16-9-12(17)8-11-4-2-7-15(11)16;1-8-4-6-11-12(14-10(3)15)7-5-9(2)13(8)11;1-8-4-6-10-11(13-16(3,14)15)7-5-9(2)12(8)10/h4-8,10-11H,9H2,1-2H3,(H,21,22);4-8,10-11,20H,9H2,1-2H3;3-5,8-10,20H,1,6-7H2;2-6,8-10,19H,7H2;4-5,7H,6H2,1-3H3,(H,14,15);4-5,7,13H,6H2,1-3H3. The summed E-state index contributed by atoms with van der Waals surface area (Å²) in [5.74, 6) is -0.683. The molecule has 6 aliphatic rings. The number of benzene rings is 10. The van der Waals surface area contributed by atoms with Crippen LogP contribution in [0.25, 0.3) is 47.7 Å². The van der Waals surface area contributed by atoms with Gasteiger partial charge in [-0.3, -0.25) is 28.5 Å². The molecule has 614 valence electrons. The second kappa shape index (κ2) is 37.4. The van der Waals surface area contributed by atoms with Crippen molar-refractivity contribution < 1.29 is 47.7 Å². The van der Waals surface area contributed by atoms with E-state index in [-0.39, 0.29) is 43.6 Å². The molecule has 2 amide bonds. The lowest BCUT2D eigenvalue weighted by Gasteiger charge is -2.15. The van der Waals surface area contributed by atoms with E-state index in [2.05, 4.69) is 120 Å². The van der Waals surface area contributed by atoms with Crippen molar-refractivity contribution in [2.45, 2.75) is 122 Å². The number of aryl methyl sites for hydroxylation is 4. The minimum absolute atomic E-state index is 0.00870. The first-order valence-electron chi connectivity index (χ1n) is 38.1. The molecule has 0 spiro atoms. The molecule has 0 unspecified atom stereocenters. The molecule has 0 radical (unpaired) electrons. The van der Waals surface area contributed by atoms with E-state index in [1.54, 1.807) is 73.7 Å². The van der Waals surface area contributed by atoms with Gasteiger partial charge in [0.25, 0.3) is 36.0 Å². The summed E-state index contributed by atoms with van der Waals surface area (Å²) < 4.78 is 122. The Morgan fingerprint density at radius 3 is 1.20 bits per heavy atom. The second-order valence-corrected chi connectivity index (χ2v) is 36.9. The van der Waals surface area contributed by atoms with Gasteiger partial charge < -0.3 is 10.6 Å². The van der Waals surface area contributed by atoms with Crippen molar-refractivity contribution in [1.29, 1.82) is 0 Å². The van der Waals surface area contributed by atoms with E-state index in [0.29, 0.717) is 58.3 Å². The number of allylic oxidation sites excluding steroid dienone is 10. The van der Waals surface area contributed by atoms with E-state index in [0.717, 1.165) is 87.1 Å². The number of carbonyl (C=O) groups is 2. The Bertz CT molecular complexity index is 6800. The first kappa shape index (κ1) is 88.6. The number of carbonyl (C=O) groups excluding carboxylic acids is 2. The van der Waals surface area contributed by atoms with E-state index in [9.17, 15) is 47.7 Å². The van der Waals surface area contributed by atoms with Crippen molar-refractivity contribution in [3.8, 4) is 0 Å². The highest BCUT2D eigenvalue weighted by atomic mass is 35.5. The Morgan fingerprint density at radius 1 is 0.413 bits per heavy atom.